The van der Waals surface area contributed by atoms with Crippen LogP contribution in [-0.2, 0) is 20.7 Å². The van der Waals surface area contributed by atoms with Gasteiger partial charge in [0.2, 0.25) is 5.91 Å². The summed E-state index contributed by atoms with van der Waals surface area (Å²) < 4.78 is 10.5. The first-order valence-electron chi connectivity index (χ1n) is 12.2. The molecule has 1 aliphatic carbocycles. The quantitative estimate of drug-likeness (QED) is 0.401. The Labute approximate surface area is 220 Å². The van der Waals surface area contributed by atoms with Crippen molar-refractivity contribution in [3.05, 3.63) is 52.0 Å². The maximum Gasteiger partial charge on any atom is 0.407 e. The number of alkyl carbamates (subject to hydrolysis) is 1. The van der Waals surface area contributed by atoms with E-state index in [9.17, 15) is 14.4 Å². The van der Waals surface area contributed by atoms with Crippen molar-refractivity contribution in [3.63, 3.8) is 0 Å². The zero-order valence-electron chi connectivity index (χ0n) is 21.2. The van der Waals surface area contributed by atoms with Gasteiger partial charge in [-0.2, -0.15) is 0 Å². The molecule has 196 valence electrons. The summed E-state index contributed by atoms with van der Waals surface area (Å²) in [4.78, 5) is 44.7. The number of methoxy groups -OCH3 is 1. The third-order valence-electron chi connectivity index (χ3n) is 6.14. The second kappa shape index (κ2) is 12.4. The molecule has 0 bridgehead atoms. The van der Waals surface area contributed by atoms with Gasteiger partial charge in [0.1, 0.15) is 16.0 Å². The molecule has 1 fully saturated rings. The second-order valence-corrected chi connectivity index (χ2v) is 10.9. The summed E-state index contributed by atoms with van der Waals surface area (Å²) in [5.74, 6) is 0.0636. The number of nitrogens with one attached hydrogen (secondary N) is 3. The van der Waals surface area contributed by atoms with Gasteiger partial charge >= 0.3 is 12.1 Å². The van der Waals surface area contributed by atoms with Crippen LogP contribution in [0.2, 0.25) is 0 Å². The van der Waals surface area contributed by atoms with Crippen molar-refractivity contribution < 1.29 is 23.9 Å². The molecule has 2 aromatic rings. The van der Waals surface area contributed by atoms with Crippen molar-refractivity contribution in [1.82, 2.24) is 20.6 Å². The van der Waals surface area contributed by atoms with E-state index < -0.39 is 23.7 Å². The fourth-order valence-corrected chi connectivity index (χ4v) is 4.75. The summed E-state index contributed by atoms with van der Waals surface area (Å²) >= 11 is 3.33. The first-order valence-corrected chi connectivity index (χ1v) is 13.0. The number of esters is 1. The van der Waals surface area contributed by atoms with Crippen molar-refractivity contribution in [1.29, 1.82) is 0 Å². The van der Waals surface area contributed by atoms with Gasteiger partial charge in [0, 0.05) is 12.5 Å². The monoisotopic (exact) mass is 562 g/mol. The van der Waals surface area contributed by atoms with Gasteiger partial charge in [0.05, 0.1) is 13.2 Å². The van der Waals surface area contributed by atoms with Gasteiger partial charge < -0.3 is 25.1 Å². The molecule has 3 rings (SSSR count). The summed E-state index contributed by atoms with van der Waals surface area (Å²) in [6, 6.07) is 9.35. The highest BCUT2D eigenvalue weighted by atomic mass is 79.9. The van der Waals surface area contributed by atoms with Crippen LogP contribution < -0.4 is 10.6 Å². The number of halogens is 1. The van der Waals surface area contributed by atoms with Crippen LogP contribution in [-0.4, -0.2) is 47.2 Å². The Kier molecular flexibility index (Phi) is 9.53. The van der Waals surface area contributed by atoms with E-state index in [0.29, 0.717) is 29.3 Å². The van der Waals surface area contributed by atoms with Crippen LogP contribution >= 0.6 is 15.9 Å². The van der Waals surface area contributed by atoms with E-state index in [-0.39, 0.29) is 17.5 Å². The highest BCUT2D eigenvalue weighted by molar-refractivity contribution is 9.10. The van der Waals surface area contributed by atoms with Gasteiger partial charge in [-0.1, -0.05) is 30.3 Å². The van der Waals surface area contributed by atoms with Crippen LogP contribution in [0.3, 0.4) is 0 Å². The smallest absolute Gasteiger partial charge is 0.407 e. The molecule has 10 heteroatoms. The van der Waals surface area contributed by atoms with Crippen molar-refractivity contribution in [2.45, 2.75) is 64.5 Å². The number of carbonyl (C=O) groups is 3. The molecule has 0 spiro atoms. The highest BCUT2D eigenvalue weighted by Crippen LogP contribution is 2.30. The number of aromatic nitrogens is 2. The number of nitrogens with zero attached hydrogens (tertiary/aromatic N) is 1. The molecule has 1 aliphatic rings. The minimum atomic E-state index is -0.563. The van der Waals surface area contributed by atoms with Crippen LogP contribution in [0.4, 0.5) is 4.79 Å². The van der Waals surface area contributed by atoms with Crippen molar-refractivity contribution in [3.8, 4) is 0 Å². The topological polar surface area (TPSA) is 122 Å². The second-order valence-electron chi connectivity index (χ2n) is 10.1. The molecule has 1 aromatic carbocycles. The number of hydrogen-bond donors (Lipinski definition) is 3. The lowest BCUT2D eigenvalue weighted by molar-refractivity contribution is -0.127. The predicted molar refractivity (Wildman–Crippen MR) is 138 cm³/mol. The molecule has 0 saturated heterocycles. The molecule has 0 unspecified atom stereocenters. The van der Waals surface area contributed by atoms with Crippen LogP contribution in [0.5, 0.6) is 0 Å². The summed E-state index contributed by atoms with van der Waals surface area (Å²) in [6.07, 6.45) is 3.26. The molecule has 9 nitrogen and oxygen atoms in total. The fraction of sp³-hybridized carbons (Fsp3) is 0.538. The minimum absolute atomic E-state index is 0.0402. The average molecular weight is 563 g/mol. The Morgan fingerprint density at radius 1 is 1.14 bits per heavy atom. The van der Waals surface area contributed by atoms with Crippen LogP contribution in [0.1, 0.15) is 74.4 Å². The molecule has 2 amide bonds. The van der Waals surface area contributed by atoms with Gasteiger partial charge in [0.15, 0.2) is 5.69 Å². The first kappa shape index (κ1) is 27.7. The van der Waals surface area contributed by atoms with Crippen molar-refractivity contribution in [2.75, 3.05) is 13.7 Å². The van der Waals surface area contributed by atoms with Gasteiger partial charge in [-0.3, -0.25) is 4.79 Å². The molecular formula is C26H35BrN4O5. The van der Waals surface area contributed by atoms with E-state index in [1.54, 1.807) is 0 Å². The van der Waals surface area contributed by atoms with Gasteiger partial charge in [-0.25, -0.2) is 14.6 Å². The fourth-order valence-electron chi connectivity index (χ4n) is 4.29. The first-order chi connectivity index (χ1) is 17.1. The molecular weight excluding hydrogens is 528 g/mol. The van der Waals surface area contributed by atoms with E-state index in [0.717, 1.165) is 31.2 Å². The molecule has 0 aliphatic heterocycles. The van der Waals surface area contributed by atoms with Gasteiger partial charge in [-0.05, 0) is 80.3 Å². The van der Waals surface area contributed by atoms with Crippen molar-refractivity contribution >= 4 is 33.9 Å². The molecule has 36 heavy (non-hydrogen) atoms. The number of rotatable bonds is 8. The Morgan fingerprint density at radius 2 is 1.81 bits per heavy atom. The number of ether oxygens (including phenoxy) is 2. The summed E-state index contributed by atoms with van der Waals surface area (Å²) in [5, 5.41) is 5.98. The lowest BCUT2D eigenvalue weighted by Gasteiger charge is -2.29. The molecule has 1 atom stereocenters. The minimum Gasteiger partial charge on any atom is -0.464 e. The molecule has 1 aromatic heterocycles. The molecule has 1 heterocycles. The number of imidazole rings is 1. The van der Waals surface area contributed by atoms with E-state index in [1.807, 2.05) is 51.1 Å². The number of aromatic amines is 1. The third kappa shape index (κ3) is 8.08. The molecule has 1 saturated carbocycles. The molecule has 0 radical (unpaired) electrons. The van der Waals surface area contributed by atoms with Crippen LogP contribution in [0.25, 0.3) is 0 Å². The lowest BCUT2D eigenvalue weighted by atomic mass is 9.81. The standard InChI is InChI=1S/C26H35BrN4O5/c1-26(2,3)36-25(34)28-15-17-10-12-18(13-11-17)23(32)29-19(14-16-8-6-5-7-9-16)22-30-20(21(27)31-22)24(33)35-4/h5-9,17-19H,10-15H2,1-4H3,(H,28,34)(H,29,32)(H,30,31)/t17?,18?,19-/m0/s1. The Hall–Kier alpha value is -2.88. The number of H-pyrrole nitrogens is 1. The van der Waals surface area contributed by atoms with Gasteiger partial charge in [-0.15, -0.1) is 0 Å². The highest BCUT2D eigenvalue weighted by Gasteiger charge is 2.30. The maximum atomic E-state index is 13.2. The Morgan fingerprint density at radius 3 is 2.42 bits per heavy atom. The lowest BCUT2D eigenvalue weighted by Crippen LogP contribution is -2.39. The van der Waals surface area contributed by atoms with E-state index in [2.05, 4.69) is 36.5 Å². The number of benzene rings is 1. The number of hydrogen-bond acceptors (Lipinski definition) is 6. The summed E-state index contributed by atoms with van der Waals surface area (Å²) in [5.41, 5.74) is 0.641. The van der Waals surface area contributed by atoms with E-state index in [4.69, 9.17) is 9.47 Å². The maximum absolute atomic E-state index is 13.2. The normalized spacial score (nSPS) is 18.7. The van der Waals surface area contributed by atoms with E-state index >= 15 is 0 Å². The summed E-state index contributed by atoms with van der Waals surface area (Å²) in [6.45, 7) is 6.04. The summed E-state index contributed by atoms with van der Waals surface area (Å²) in [7, 11) is 1.30. The zero-order chi connectivity index (χ0) is 26.3. The Balaban J connectivity index is 1.61. The SMILES string of the molecule is COC(=O)c1nc([C@H](Cc2ccccc2)NC(=O)C2CCC(CNC(=O)OC(C)(C)C)CC2)[nH]c1Br. The third-order valence-corrected chi connectivity index (χ3v) is 6.71. The number of carbonyl (C=O) groups excluding carboxylic acids is 3. The van der Waals surface area contributed by atoms with E-state index in [1.165, 1.54) is 7.11 Å². The largest absolute Gasteiger partial charge is 0.464 e. The predicted octanol–water partition coefficient (Wildman–Crippen LogP) is 4.69. The van der Waals surface area contributed by atoms with Crippen LogP contribution in [0.15, 0.2) is 34.9 Å². The zero-order valence-corrected chi connectivity index (χ0v) is 22.8. The van der Waals surface area contributed by atoms with Crippen LogP contribution in [0, 0.1) is 11.8 Å². The molecule has 3 N–H and O–H groups in total. The number of amides is 2. The average Bonchev–Trinajstić information content (AvgIpc) is 3.23. The van der Waals surface area contributed by atoms with Crippen molar-refractivity contribution in [2.24, 2.45) is 11.8 Å². The van der Waals surface area contributed by atoms with Gasteiger partial charge in [0.25, 0.3) is 0 Å². The Bertz CT molecular complexity index is 1040.